The number of amides is 1. The van der Waals surface area contributed by atoms with Crippen LogP contribution in [0, 0.1) is 17.6 Å². The van der Waals surface area contributed by atoms with Gasteiger partial charge in [-0.05, 0) is 43.5 Å². The van der Waals surface area contributed by atoms with Gasteiger partial charge in [0.2, 0.25) is 0 Å². The van der Waals surface area contributed by atoms with Gasteiger partial charge in [-0.15, -0.1) is 0 Å². The van der Waals surface area contributed by atoms with Gasteiger partial charge in [-0.3, -0.25) is 4.79 Å². The van der Waals surface area contributed by atoms with E-state index in [4.69, 9.17) is 9.47 Å². The fraction of sp³-hybridized carbons (Fsp3) is 0.348. The van der Waals surface area contributed by atoms with Crippen LogP contribution in [0.2, 0.25) is 0 Å². The summed E-state index contributed by atoms with van der Waals surface area (Å²) >= 11 is 0. The monoisotopic (exact) mass is 414 g/mol. The molecule has 2 aliphatic heterocycles. The Morgan fingerprint density at radius 3 is 2.93 bits per heavy atom. The van der Waals surface area contributed by atoms with Crippen molar-refractivity contribution in [2.75, 3.05) is 37.7 Å². The number of carbonyl (C=O) groups excluding carboxylic acids is 1. The highest BCUT2D eigenvalue weighted by Gasteiger charge is 2.25. The zero-order valence-electron chi connectivity index (χ0n) is 16.8. The average molecular weight is 414 g/mol. The van der Waals surface area contributed by atoms with E-state index < -0.39 is 11.6 Å². The molecular weight excluding hydrogens is 390 g/mol. The Bertz CT molecular complexity index is 977. The predicted molar refractivity (Wildman–Crippen MR) is 111 cm³/mol. The molecule has 30 heavy (non-hydrogen) atoms. The van der Waals surface area contributed by atoms with Crippen molar-refractivity contribution in [2.45, 2.75) is 13.3 Å². The molecule has 2 heterocycles. The Hall–Kier alpha value is -3.09. The maximum atomic E-state index is 13.5. The zero-order valence-corrected chi connectivity index (χ0v) is 16.8. The Labute approximate surface area is 174 Å². The summed E-state index contributed by atoms with van der Waals surface area (Å²) < 4.78 is 38.0. The Balaban J connectivity index is 1.34. The standard InChI is InChI=1S/C23H24F2N2O3/c1-2-29-21-5-3-4-16-10-17(14-30-22(16)21)23(28)26-12-15-8-9-27(13-15)18-6-7-19(24)20(25)11-18/h3-7,10-11,15H,2,8-9,12-14H2,1H3,(H,26,28). The van der Waals surface area contributed by atoms with Crippen molar-refractivity contribution in [1.29, 1.82) is 0 Å². The van der Waals surface area contributed by atoms with E-state index in [-0.39, 0.29) is 18.4 Å². The fourth-order valence-corrected chi connectivity index (χ4v) is 3.85. The van der Waals surface area contributed by atoms with Gasteiger partial charge in [0.05, 0.1) is 12.2 Å². The van der Waals surface area contributed by atoms with E-state index in [0.29, 0.717) is 42.5 Å². The molecule has 0 spiro atoms. The van der Waals surface area contributed by atoms with Crippen molar-refractivity contribution in [1.82, 2.24) is 5.32 Å². The lowest BCUT2D eigenvalue weighted by Crippen LogP contribution is -2.33. The SMILES string of the molecule is CCOc1cccc2c1OCC(C(=O)NCC1CCN(c3ccc(F)c(F)c3)C1)=C2. The maximum Gasteiger partial charge on any atom is 0.250 e. The minimum atomic E-state index is -0.848. The van der Waals surface area contributed by atoms with Gasteiger partial charge >= 0.3 is 0 Å². The lowest BCUT2D eigenvalue weighted by atomic mass is 10.1. The zero-order chi connectivity index (χ0) is 21.1. The minimum absolute atomic E-state index is 0.159. The number of para-hydroxylation sites is 1. The van der Waals surface area contributed by atoms with Crippen LogP contribution in [-0.4, -0.2) is 38.8 Å². The van der Waals surface area contributed by atoms with E-state index in [1.54, 1.807) is 6.07 Å². The molecule has 2 aromatic rings. The Kier molecular flexibility index (Phi) is 5.88. The van der Waals surface area contributed by atoms with Crippen molar-refractivity contribution < 1.29 is 23.0 Å². The van der Waals surface area contributed by atoms with E-state index in [9.17, 15) is 13.6 Å². The van der Waals surface area contributed by atoms with Crippen LogP contribution in [0.4, 0.5) is 14.5 Å². The molecule has 2 aromatic carbocycles. The van der Waals surface area contributed by atoms with E-state index in [0.717, 1.165) is 24.6 Å². The van der Waals surface area contributed by atoms with Gasteiger partial charge in [0.25, 0.3) is 5.91 Å². The first-order valence-corrected chi connectivity index (χ1v) is 10.1. The molecule has 1 atom stereocenters. The van der Waals surface area contributed by atoms with Crippen LogP contribution < -0.4 is 19.7 Å². The maximum absolute atomic E-state index is 13.5. The molecule has 1 N–H and O–H groups in total. The van der Waals surface area contributed by atoms with Gasteiger partial charge in [0.1, 0.15) is 6.61 Å². The molecule has 0 radical (unpaired) electrons. The third-order valence-corrected chi connectivity index (χ3v) is 5.41. The molecule has 2 aliphatic rings. The second-order valence-electron chi connectivity index (χ2n) is 7.47. The van der Waals surface area contributed by atoms with Crippen molar-refractivity contribution >= 4 is 17.7 Å². The van der Waals surface area contributed by atoms with Gasteiger partial charge < -0.3 is 19.7 Å². The first kappa shape index (κ1) is 20.2. The van der Waals surface area contributed by atoms with Gasteiger partial charge in [-0.25, -0.2) is 8.78 Å². The fourth-order valence-electron chi connectivity index (χ4n) is 3.85. The Morgan fingerprint density at radius 1 is 1.27 bits per heavy atom. The van der Waals surface area contributed by atoms with Crippen LogP contribution in [0.15, 0.2) is 42.0 Å². The van der Waals surface area contributed by atoms with Crippen LogP contribution in [-0.2, 0) is 4.79 Å². The molecule has 0 aromatic heterocycles. The molecule has 0 bridgehead atoms. The number of nitrogens with zero attached hydrogens (tertiary/aromatic N) is 1. The third kappa shape index (κ3) is 4.25. The summed E-state index contributed by atoms with van der Waals surface area (Å²) in [6.07, 6.45) is 2.70. The average Bonchev–Trinajstić information content (AvgIpc) is 3.23. The highest BCUT2D eigenvalue weighted by Crippen LogP contribution is 2.35. The molecule has 1 amide bonds. The van der Waals surface area contributed by atoms with E-state index in [2.05, 4.69) is 5.32 Å². The number of ether oxygens (including phenoxy) is 2. The first-order chi connectivity index (χ1) is 14.5. The number of hydrogen-bond donors (Lipinski definition) is 1. The highest BCUT2D eigenvalue weighted by atomic mass is 19.2. The smallest absolute Gasteiger partial charge is 0.250 e. The van der Waals surface area contributed by atoms with Gasteiger partial charge in [0.15, 0.2) is 23.1 Å². The number of carbonyl (C=O) groups is 1. The lowest BCUT2D eigenvalue weighted by Gasteiger charge is -2.21. The van der Waals surface area contributed by atoms with Crippen molar-refractivity contribution in [3.8, 4) is 11.5 Å². The second kappa shape index (κ2) is 8.73. The summed E-state index contributed by atoms with van der Waals surface area (Å²) in [6.45, 7) is 4.58. The molecule has 4 rings (SSSR count). The molecule has 7 heteroatoms. The van der Waals surface area contributed by atoms with Crippen molar-refractivity contribution in [2.24, 2.45) is 5.92 Å². The first-order valence-electron chi connectivity index (χ1n) is 10.1. The number of nitrogens with one attached hydrogen (secondary N) is 1. The lowest BCUT2D eigenvalue weighted by molar-refractivity contribution is -0.117. The molecule has 1 saturated heterocycles. The van der Waals surface area contributed by atoms with Crippen LogP contribution in [0.3, 0.4) is 0 Å². The Morgan fingerprint density at radius 2 is 2.13 bits per heavy atom. The molecular formula is C23H24F2N2O3. The highest BCUT2D eigenvalue weighted by molar-refractivity contribution is 5.99. The number of halogens is 2. The molecule has 158 valence electrons. The third-order valence-electron chi connectivity index (χ3n) is 5.41. The number of hydrogen-bond acceptors (Lipinski definition) is 4. The summed E-state index contributed by atoms with van der Waals surface area (Å²) in [5, 5.41) is 2.98. The van der Waals surface area contributed by atoms with Crippen LogP contribution in [0.25, 0.3) is 6.08 Å². The van der Waals surface area contributed by atoms with E-state index >= 15 is 0 Å². The van der Waals surface area contributed by atoms with E-state index in [1.165, 1.54) is 6.07 Å². The van der Waals surface area contributed by atoms with Gasteiger partial charge in [0, 0.05) is 37.0 Å². The van der Waals surface area contributed by atoms with Crippen LogP contribution >= 0.6 is 0 Å². The van der Waals surface area contributed by atoms with E-state index in [1.807, 2.05) is 36.1 Å². The molecule has 5 nitrogen and oxygen atoms in total. The number of rotatable bonds is 6. The molecule has 0 saturated carbocycles. The largest absolute Gasteiger partial charge is 0.490 e. The summed E-state index contributed by atoms with van der Waals surface area (Å²) in [5.41, 5.74) is 2.04. The summed E-state index contributed by atoms with van der Waals surface area (Å²) in [5.74, 6) is -0.276. The van der Waals surface area contributed by atoms with Gasteiger partial charge in [-0.2, -0.15) is 0 Å². The van der Waals surface area contributed by atoms with Crippen molar-refractivity contribution in [3.63, 3.8) is 0 Å². The summed E-state index contributed by atoms with van der Waals surface area (Å²) in [7, 11) is 0. The summed E-state index contributed by atoms with van der Waals surface area (Å²) in [6, 6.07) is 9.55. The summed E-state index contributed by atoms with van der Waals surface area (Å²) in [4.78, 5) is 14.6. The predicted octanol–water partition coefficient (Wildman–Crippen LogP) is 3.78. The van der Waals surface area contributed by atoms with Gasteiger partial charge in [-0.1, -0.05) is 12.1 Å². The van der Waals surface area contributed by atoms with Crippen molar-refractivity contribution in [3.05, 3.63) is 59.2 Å². The number of fused-ring (bicyclic) bond motifs is 1. The minimum Gasteiger partial charge on any atom is -0.490 e. The molecule has 1 unspecified atom stereocenters. The molecule has 0 aliphatic carbocycles. The second-order valence-corrected chi connectivity index (χ2v) is 7.47. The number of benzene rings is 2. The topological polar surface area (TPSA) is 50.8 Å². The number of anilines is 1. The van der Waals surface area contributed by atoms with Crippen LogP contribution in [0.5, 0.6) is 11.5 Å². The van der Waals surface area contributed by atoms with Crippen LogP contribution in [0.1, 0.15) is 18.9 Å². The quantitative estimate of drug-likeness (QED) is 0.782. The normalized spacial score (nSPS) is 17.8. The molecule has 1 fully saturated rings.